The first-order valence-electron chi connectivity index (χ1n) is 8.46. The molecule has 6 nitrogen and oxygen atoms in total. The van der Waals surface area contributed by atoms with Crippen LogP contribution in [-0.4, -0.2) is 40.5 Å². The van der Waals surface area contributed by atoms with Gasteiger partial charge in [-0.25, -0.2) is 9.78 Å². The molecule has 8 heteroatoms. The number of fused-ring (bicyclic) bond motifs is 1. The summed E-state index contributed by atoms with van der Waals surface area (Å²) in [5.41, 5.74) is 0.986. The van der Waals surface area contributed by atoms with Crippen molar-refractivity contribution in [3.63, 3.8) is 0 Å². The standard InChI is InChI=1S/C20H17Cl2N3O3/c1-3-25(2)19(26)14-10-23-18(13-5-4-6-15(21)17(13)14)24-11-7-8-12(20(27)28)16(22)9-11/h4-10H,3H2,1-2H3,(H,23,24)(H,27,28). The number of hydrogen-bond acceptors (Lipinski definition) is 4. The van der Waals surface area contributed by atoms with Crippen LogP contribution in [0.1, 0.15) is 27.6 Å². The number of amides is 1. The van der Waals surface area contributed by atoms with Gasteiger partial charge in [-0.1, -0.05) is 35.3 Å². The van der Waals surface area contributed by atoms with Crippen molar-refractivity contribution in [3.05, 3.63) is 63.8 Å². The average Bonchev–Trinajstić information content (AvgIpc) is 2.67. The van der Waals surface area contributed by atoms with E-state index in [1.54, 1.807) is 30.1 Å². The first-order valence-corrected chi connectivity index (χ1v) is 9.21. The highest BCUT2D eigenvalue weighted by atomic mass is 35.5. The number of hydrogen-bond donors (Lipinski definition) is 2. The lowest BCUT2D eigenvalue weighted by Crippen LogP contribution is -2.26. The van der Waals surface area contributed by atoms with E-state index < -0.39 is 5.97 Å². The molecule has 0 bridgehead atoms. The molecule has 0 saturated heterocycles. The molecule has 0 aliphatic carbocycles. The van der Waals surface area contributed by atoms with E-state index >= 15 is 0 Å². The van der Waals surface area contributed by atoms with Crippen LogP contribution in [0.25, 0.3) is 10.8 Å². The fourth-order valence-corrected chi connectivity index (χ4v) is 3.31. The lowest BCUT2D eigenvalue weighted by molar-refractivity contribution is 0.0696. The van der Waals surface area contributed by atoms with Gasteiger partial charge in [0.1, 0.15) is 5.82 Å². The Kier molecular flexibility index (Phi) is 5.72. The maximum absolute atomic E-state index is 12.7. The van der Waals surface area contributed by atoms with Gasteiger partial charge < -0.3 is 15.3 Å². The number of aromatic nitrogens is 1. The number of benzene rings is 2. The van der Waals surface area contributed by atoms with Crippen molar-refractivity contribution in [1.29, 1.82) is 0 Å². The van der Waals surface area contributed by atoms with Gasteiger partial charge in [-0.15, -0.1) is 0 Å². The van der Waals surface area contributed by atoms with Crippen LogP contribution in [0.5, 0.6) is 0 Å². The quantitative estimate of drug-likeness (QED) is 0.604. The third kappa shape index (κ3) is 3.74. The number of halogens is 2. The molecule has 0 aliphatic rings. The van der Waals surface area contributed by atoms with E-state index in [-0.39, 0.29) is 16.5 Å². The predicted molar refractivity (Wildman–Crippen MR) is 111 cm³/mol. The van der Waals surface area contributed by atoms with Crippen LogP contribution in [0.3, 0.4) is 0 Å². The van der Waals surface area contributed by atoms with Crippen molar-refractivity contribution >= 4 is 57.4 Å². The van der Waals surface area contributed by atoms with Crippen LogP contribution in [0.4, 0.5) is 11.5 Å². The highest BCUT2D eigenvalue weighted by Crippen LogP contribution is 2.33. The number of pyridine rings is 1. The lowest BCUT2D eigenvalue weighted by atomic mass is 10.1. The first kappa shape index (κ1) is 19.9. The van der Waals surface area contributed by atoms with E-state index in [9.17, 15) is 9.59 Å². The molecule has 2 N–H and O–H groups in total. The van der Waals surface area contributed by atoms with E-state index in [4.69, 9.17) is 28.3 Å². The van der Waals surface area contributed by atoms with E-state index in [2.05, 4.69) is 10.3 Å². The van der Waals surface area contributed by atoms with Gasteiger partial charge in [-0.05, 0) is 31.2 Å². The second kappa shape index (κ2) is 8.04. The molecule has 144 valence electrons. The van der Waals surface area contributed by atoms with Crippen molar-refractivity contribution in [2.24, 2.45) is 0 Å². The molecule has 3 aromatic rings. The van der Waals surface area contributed by atoms with Crippen LogP contribution in [-0.2, 0) is 0 Å². The minimum atomic E-state index is -1.10. The maximum Gasteiger partial charge on any atom is 0.337 e. The Morgan fingerprint density at radius 2 is 1.89 bits per heavy atom. The summed E-state index contributed by atoms with van der Waals surface area (Å²) in [4.78, 5) is 29.8. The number of carbonyl (C=O) groups is 2. The average molecular weight is 418 g/mol. The Morgan fingerprint density at radius 3 is 2.54 bits per heavy atom. The van der Waals surface area contributed by atoms with E-state index in [1.807, 2.05) is 13.0 Å². The highest BCUT2D eigenvalue weighted by molar-refractivity contribution is 6.37. The number of carboxylic acids is 1. The van der Waals surface area contributed by atoms with Gasteiger partial charge in [-0.3, -0.25) is 4.79 Å². The van der Waals surface area contributed by atoms with Crippen molar-refractivity contribution in [3.8, 4) is 0 Å². The Labute approximate surface area is 171 Å². The smallest absolute Gasteiger partial charge is 0.337 e. The summed E-state index contributed by atoms with van der Waals surface area (Å²) in [7, 11) is 1.71. The zero-order chi connectivity index (χ0) is 20.4. The molecule has 0 radical (unpaired) electrons. The van der Waals surface area contributed by atoms with Crippen LogP contribution in [0.2, 0.25) is 10.0 Å². The molecule has 0 aliphatic heterocycles. The van der Waals surface area contributed by atoms with Crippen LogP contribution in [0, 0.1) is 0 Å². The molecule has 0 fully saturated rings. The van der Waals surface area contributed by atoms with Crippen molar-refractivity contribution in [2.75, 3.05) is 18.9 Å². The number of anilines is 2. The number of nitrogens with zero attached hydrogens (tertiary/aromatic N) is 2. The third-order valence-corrected chi connectivity index (χ3v) is 5.00. The molecule has 0 atom stereocenters. The molecule has 0 unspecified atom stereocenters. The molecule has 0 saturated carbocycles. The number of aromatic carboxylic acids is 1. The number of carboxylic acid groups (broad SMARTS) is 1. The summed E-state index contributed by atoms with van der Waals surface area (Å²) in [6.45, 7) is 2.44. The highest BCUT2D eigenvalue weighted by Gasteiger charge is 2.19. The SMILES string of the molecule is CCN(C)C(=O)c1cnc(Nc2ccc(C(=O)O)c(Cl)c2)c2cccc(Cl)c12. The molecule has 2 aromatic carbocycles. The molecule has 28 heavy (non-hydrogen) atoms. The van der Waals surface area contributed by atoms with Gasteiger partial charge in [-0.2, -0.15) is 0 Å². The molecule has 3 rings (SSSR count). The molecule has 1 heterocycles. The zero-order valence-corrected chi connectivity index (χ0v) is 16.7. The summed E-state index contributed by atoms with van der Waals surface area (Å²) in [5, 5.41) is 14.0. The summed E-state index contributed by atoms with van der Waals surface area (Å²) in [6, 6.07) is 9.82. The predicted octanol–water partition coefficient (Wildman–Crippen LogP) is 5.08. The number of nitrogens with one attached hydrogen (secondary N) is 1. The Bertz CT molecular complexity index is 1090. The maximum atomic E-state index is 12.7. The molecule has 0 spiro atoms. The minimum absolute atomic E-state index is 0.0108. The topological polar surface area (TPSA) is 82.5 Å². The second-order valence-electron chi connectivity index (χ2n) is 6.13. The van der Waals surface area contributed by atoms with Crippen molar-refractivity contribution in [1.82, 2.24) is 9.88 Å². The molecular weight excluding hydrogens is 401 g/mol. The van der Waals surface area contributed by atoms with Crippen molar-refractivity contribution < 1.29 is 14.7 Å². The van der Waals surface area contributed by atoms with E-state index in [0.29, 0.717) is 39.4 Å². The fraction of sp³-hybridized carbons (Fsp3) is 0.150. The van der Waals surface area contributed by atoms with Gasteiger partial charge in [0.15, 0.2) is 0 Å². The fourth-order valence-electron chi connectivity index (χ4n) is 2.77. The largest absolute Gasteiger partial charge is 0.478 e. The van der Waals surface area contributed by atoms with Crippen molar-refractivity contribution in [2.45, 2.75) is 6.92 Å². The molecule has 1 amide bonds. The van der Waals surface area contributed by atoms with E-state index in [0.717, 1.165) is 0 Å². The van der Waals surface area contributed by atoms with Crippen LogP contribution >= 0.6 is 23.2 Å². The number of rotatable bonds is 5. The van der Waals surface area contributed by atoms with Crippen LogP contribution in [0.15, 0.2) is 42.6 Å². The Balaban J connectivity index is 2.09. The monoisotopic (exact) mass is 417 g/mol. The third-order valence-electron chi connectivity index (χ3n) is 4.37. The van der Waals surface area contributed by atoms with Gasteiger partial charge >= 0.3 is 5.97 Å². The first-order chi connectivity index (χ1) is 13.3. The van der Waals surface area contributed by atoms with E-state index in [1.165, 1.54) is 18.3 Å². The van der Waals surface area contributed by atoms with Gasteiger partial charge in [0.25, 0.3) is 5.91 Å². The Hall–Kier alpha value is -2.83. The molecular formula is C20H17Cl2N3O3. The summed E-state index contributed by atoms with van der Waals surface area (Å²) in [5.74, 6) is -0.796. The van der Waals surface area contributed by atoms with Crippen LogP contribution < -0.4 is 5.32 Å². The lowest BCUT2D eigenvalue weighted by Gasteiger charge is -2.18. The van der Waals surface area contributed by atoms with Gasteiger partial charge in [0.05, 0.1) is 16.1 Å². The number of carbonyl (C=O) groups excluding carboxylic acids is 1. The molecule has 1 aromatic heterocycles. The summed E-state index contributed by atoms with van der Waals surface area (Å²) < 4.78 is 0. The zero-order valence-electron chi connectivity index (χ0n) is 15.2. The van der Waals surface area contributed by atoms with Gasteiger partial charge in [0, 0.05) is 41.3 Å². The minimum Gasteiger partial charge on any atom is -0.478 e. The van der Waals surface area contributed by atoms with Gasteiger partial charge in [0.2, 0.25) is 0 Å². The second-order valence-corrected chi connectivity index (χ2v) is 6.94. The normalized spacial score (nSPS) is 10.7. The summed E-state index contributed by atoms with van der Waals surface area (Å²) >= 11 is 12.4. The summed E-state index contributed by atoms with van der Waals surface area (Å²) in [6.07, 6.45) is 1.48. The Morgan fingerprint density at radius 1 is 1.14 bits per heavy atom.